The van der Waals surface area contributed by atoms with Crippen molar-refractivity contribution in [3.05, 3.63) is 35.9 Å². The molecule has 1 aliphatic carbocycles. The molecule has 0 atom stereocenters. The van der Waals surface area contributed by atoms with Gasteiger partial charge in [0.15, 0.2) is 0 Å². The highest BCUT2D eigenvalue weighted by Crippen LogP contribution is 2.23. The fourth-order valence-electron chi connectivity index (χ4n) is 1.76. The van der Waals surface area contributed by atoms with Gasteiger partial charge in [-0.25, -0.2) is 0 Å². The minimum absolute atomic E-state index is 0.0215. The van der Waals surface area contributed by atoms with Crippen LogP contribution in [-0.4, -0.2) is 11.0 Å². The van der Waals surface area contributed by atoms with E-state index in [0.29, 0.717) is 5.69 Å². The summed E-state index contributed by atoms with van der Waals surface area (Å²) in [7, 11) is 0. The number of anilines is 1. The van der Waals surface area contributed by atoms with E-state index in [0.717, 1.165) is 18.4 Å². The molecule has 1 aromatic carbocycles. The van der Waals surface area contributed by atoms with E-state index in [1.165, 1.54) is 0 Å². The number of amides is 1. The lowest BCUT2D eigenvalue weighted by molar-refractivity contribution is -0.119. The minimum atomic E-state index is 0.0215. The normalized spacial score (nSPS) is 15.3. The quantitative estimate of drug-likeness (QED) is 0.748. The minimum Gasteiger partial charge on any atom is -0.508 e. The van der Waals surface area contributed by atoms with Gasteiger partial charge in [-0.1, -0.05) is 18.2 Å². The van der Waals surface area contributed by atoms with Gasteiger partial charge in [-0.05, 0) is 31.4 Å². The summed E-state index contributed by atoms with van der Waals surface area (Å²) in [5.41, 5.74) is 1.46. The predicted molar refractivity (Wildman–Crippen MR) is 63.3 cm³/mol. The Labute approximate surface area is 94.8 Å². The van der Waals surface area contributed by atoms with Crippen molar-refractivity contribution in [2.24, 2.45) is 5.92 Å². The summed E-state index contributed by atoms with van der Waals surface area (Å²) in [6, 6.07) is 5.17. The SMILES string of the molecule is Cc1ccc(NC(=O)C2CC=CC2)cc1O. The molecule has 0 saturated carbocycles. The maximum absolute atomic E-state index is 11.8. The van der Waals surface area contributed by atoms with E-state index in [-0.39, 0.29) is 17.6 Å². The van der Waals surface area contributed by atoms with Crippen LogP contribution in [0.5, 0.6) is 5.75 Å². The highest BCUT2D eigenvalue weighted by atomic mass is 16.3. The number of nitrogens with one attached hydrogen (secondary N) is 1. The lowest BCUT2D eigenvalue weighted by Crippen LogP contribution is -2.20. The molecule has 1 aliphatic rings. The summed E-state index contributed by atoms with van der Waals surface area (Å²) in [6.45, 7) is 1.82. The van der Waals surface area contributed by atoms with Crippen molar-refractivity contribution in [3.8, 4) is 5.75 Å². The molecule has 16 heavy (non-hydrogen) atoms. The largest absolute Gasteiger partial charge is 0.508 e. The van der Waals surface area contributed by atoms with E-state index in [2.05, 4.69) is 5.32 Å². The fraction of sp³-hybridized carbons (Fsp3) is 0.308. The molecule has 84 valence electrons. The van der Waals surface area contributed by atoms with E-state index in [1.807, 2.05) is 19.1 Å². The molecule has 0 aromatic heterocycles. The number of phenols is 1. The molecule has 0 radical (unpaired) electrons. The third kappa shape index (κ3) is 2.24. The molecular weight excluding hydrogens is 202 g/mol. The molecule has 2 rings (SSSR count). The van der Waals surface area contributed by atoms with Crippen LogP contribution in [0.15, 0.2) is 30.4 Å². The lowest BCUT2D eigenvalue weighted by Gasteiger charge is -2.11. The van der Waals surface area contributed by atoms with Gasteiger partial charge in [0, 0.05) is 17.7 Å². The zero-order chi connectivity index (χ0) is 11.5. The molecule has 1 aromatic rings. The van der Waals surface area contributed by atoms with E-state index in [9.17, 15) is 9.90 Å². The van der Waals surface area contributed by atoms with Crippen molar-refractivity contribution < 1.29 is 9.90 Å². The summed E-state index contributed by atoms with van der Waals surface area (Å²) in [6.07, 6.45) is 5.67. The highest BCUT2D eigenvalue weighted by molar-refractivity contribution is 5.93. The number of benzene rings is 1. The first-order valence-corrected chi connectivity index (χ1v) is 5.42. The Kier molecular flexibility index (Phi) is 2.95. The Morgan fingerprint density at radius 1 is 1.38 bits per heavy atom. The number of aryl methyl sites for hydroxylation is 1. The zero-order valence-electron chi connectivity index (χ0n) is 9.23. The Balaban J connectivity index is 2.03. The summed E-state index contributed by atoms with van der Waals surface area (Å²) < 4.78 is 0. The monoisotopic (exact) mass is 217 g/mol. The molecule has 0 fully saturated rings. The number of carbonyl (C=O) groups is 1. The summed E-state index contributed by atoms with van der Waals surface area (Å²) in [5, 5.41) is 12.3. The van der Waals surface area contributed by atoms with E-state index < -0.39 is 0 Å². The van der Waals surface area contributed by atoms with Gasteiger partial charge in [0.2, 0.25) is 5.91 Å². The van der Waals surface area contributed by atoms with E-state index in [4.69, 9.17) is 0 Å². The summed E-state index contributed by atoms with van der Waals surface area (Å²) in [4.78, 5) is 11.8. The topological polar surface area (TPSA) is 49.3 Å². The van der Waals surface area contributed by atoms with Crippen LogP contribution >= 0.6 is 0 Å². The Hall–Kier alpha value is -1.77. The number of hydrogen-bond acceptors (Lipinski definition) is 2. The predicted octanol–water partition coefficient (Wildman–Crippen LogP) is 2.61. The number of rotatable bonds is 2. The maximum atomic E-state index is 11.8. The average molecular weight is 217 g/mol. The first-order chi connectivity index (χ1) is 7.66. The Bertz CT molecular complexity index is 430. The molecule has 0 bridgehead atoms. The maximum Gasteiger partial charge on any atom is 0.228 e. The molecule has 3 heteroatoms. The first kappa shape index (κ1) is 10.7. The number of phenolic OH excluding ortho intramolecular Hbond substituents is 1. The van der Waals surface area contributed by atoms with Gasteiger partial charge in [-0.3, -0.25) is 4.79 Å². The number of aromatic hydroxyl groups is 1. The second kappa shape index (κ2) is 4.39. The summed E-state index contributed by atoms with van der Waals surface area (Å²) >= 11 is 0. The van der Waals surface area contributed by atoms with Crippen LogP contribution in [0.25, 0.3) is 0 Å². The molecule has 0 aliphatic heterocycles. The van der Waals surface area contributed by atoms with Gasteiger partial charge in [-0.15, -0.1) is 0 Å². The Morgan fingerprint density at radius 2 is 2.06 bits per heavy atom. The van der Waals surface area contributed by atoms with Crippen LogP contribution in [-0.2, 0) is 4.79 Å². The van der Waals surface area contributed by atoms with Crippen LogP contribution in [0, 0.1) is 12.8 Å². The molecule has 1 amide bonds. The van der Waals surface area contributed by atoms with Crippen molar-refractivity contribution in [2.45, 2.75) is 19.8 Å². The van der Waals surface area contributed by atoms with Crippen LogP contribution in [0.4, 0.5) is 5.69 Å². The van der Waals surface area contributed by atoms with Crippen LogP contribution in [0.2, 0.25) is 0 Å². The molecule has 0 heterocycles. The molecule has 0 unspecified atom stereocenters. The van der Waals surface area contributed by atoms with E-state index >= 15 is 0 Å². The molecule has 3 nitrogen and oxygen atoms in total. The smallest absolute Gasteiger partial charge is 0.228 e. The van der Waals surface area contributed by atoms with Gasteiger partial charge in [-0.2, -0.15) is 0 Å². The van der Waals surface area contributed by atoms with Crippen molar-refractivity contribution in [1.29, 1.82) is 0 Å². The number of carbonyl (C=O) groups excluding carboxylic acids is 1. The van der Waals surface area contributed by atoms with Crippen LogP contribution < -0.4 is 5.32 Å². The third-order valence-corrected chi connectivity index (χ3v) is 2.86. The number of allylic oxidation sites excluding steroid dienone is 2. The average Bonchev–Trinajstić information content (AvgIpc) is 2.77. The Morgan fingerprint density at radius 3 is 2.69 bits per heavy atom. The second-order valence-electron chi connectivity index (χ2n) is 4.13. The van der Waals surface area contributed by atoms with Gasteiger partial charge in [0.25, 0.3) is 0 Å². The molecule has 0 saturated heterocycles. The fourth-order valence-corrected chi connectivity index (χ4v) is 1.76. The highest BCUT2D eigenvalue weighted by Gasteiger charge is 2.19. The molecule has 2 N–H and O–H groups in total. The van der Waals surface area contributed by atoms with Crippen molar-refractivity contribution in [3.63, 3.8) is 0 Å². The van der Waals surface area contributed by atoms with Gasteiger partial charge in [0.05, 0.1) is 0 Å². The number of hydrogen-bond donors (Lipinski definition) is 2. The van der Waals surface area contributed by atoms with Crippen LogP contribution in [0.3, 0.4) is 0 Å². The van der Waals surface area contributed by atoms with Crippen molar-refractivity contribution >= 4 is 11.6 Å². The van der Waals surface area contributed by atoms with Crippen molar-refractivity contribution in [2.75, 3.05) is 5.32 Å². The zero-order valence-corrected chi connectivity index (χ0v) is 9.23. The second-order valence-corrected chi connectivity index (χ2v) is 4.13. The van der Waals surface area contributed by atoms with Gasteiger partial charge >= 0.3 is 0 Å². The lowest BCUT2D eigenvalue weighted by atomic mass is 10.1. The van der Waals surface area contributed by atoms with Gasteiger partial charge < -0.3 is 10.4 Å². The first-order valence-electron chi connectivity index (χ1n) is 5.42. The third-order valence-electron chi connectivity index (χ3n) is 2.86. The summed E-state index contributed by atoms with van der Waals surface area (Å²) in [5.74, 6) is 0.277. The standard InChI is InChI=1S/C13H15NO2/c1-9-6-7-11(8-12(9)15)14-13(16)10-4-2-3-5-10/h2-3,6-8,10,15H,4-5H2,1H3,(H,14,16). The molecule has 0 spiro atoms. The van der Waals surface area contributed by atoms with E-state index in [1.54, 1.807) is 18.2 Å². The van der Waals surface area contributed by atoms with Crippen molar-refractivity contribution in [1.82, 2.24) is 0 Å². The van der Waals surface area contributed by atoms with Crippen LogP contribution in [0.1, 0.15) is 18.4 Å². The molecular formula is C13H15NO2. The van der Waals surface area contributed by atoms with Gasteiger partial charge in [0.1, 0.15) is 5.75 Å².